The molecule has 23 heavy (non-hydrogen) atoms. The SMILES string of the molecule is CN(C)c1ccc(C2CC=C(c3nn(C)c(N)c3C=O)C2)cc1. The minimum absolute atomic E-state index is 0.426. The smallest absolute Gasteiger partial charge is 0.156 e. The van der Waals surface area contributed by atoms with Gasteiger partial charge in [0.25, 0.3) is 0 Å². The van der Waals surface area contributed by atoms with Crippen LogP contribution in [0.15, 0.2) is 30.3 Å². The van der Waals surface area contributed by atoms with E-state index in [2.05, 4.69) is 40.3 Å². The summed E-state index contributed by atoms with van der Waals surface area (Å²) in [5, 5.41) is 4.41. The molecule has 1 atom stereocenters. The lowest BCUT2D eigenvalue weighted by Gasteiger charge is -2.15. The summed E-state index contributed by atoms with van der Waals surface area (Å²) >= 11 is 0. The van der Waals surface area contributed by atoms with Gasteiger partial charge in [0.1, 0.15) is 11.5 Å². The topological polar surface area (TPSA) is 64.2 Å². The first kappa shape index (κ1) is 15.3. The maximum atomic E-state index is 11.3. The third-order valence-corrected chi connectivity index (χ3v) is 4.55. The molecule has 0 saturated heterocycles. The molecular weight excluding hydrogens is 288 g/mol. The third kappa shape index (κ3) is 2.74. The fourth-order valence-corrected chi connectivity index (χ4v) is 3.12. The van der Waals surface area contributed by atoms with Crippen molar-refractivity contribution in [2.75, 3.05) is 24.7 Å². The van der Waals surface area contributed by atoms with Gasteiger partial charge in [0.15, 0.2) is 6.29 Å². The van der Waals surface area contributed by atoms with Crippen LogP contribution in [0.3, 0.4) is 0 Å². The average Bonchev–Trinajstić information content (AvgIpc) is 3.13. The summed E-state index contributed by atoms with van der Waals surface area (Å²) in [5.41, 5.74) is 10.8. The van der Waals surface area contributed by atoms with Crippen LogP contribution in [-0.4, -0.2) is 30.2 Å². The highest BCUT2D eigenvalue weighted by Gasteiger charge is 2.24. The van der Waals surface area contributed by atoms with Gasteiger partial charge in [0.05, 0.1) is 5.56 Å². The normalized spacial score (nSPS) is 17.2. The van der Waals surface area contributed by atoms with Crippen LogP contribution in [0.25, 0.3) is 5.57 Å². The molecule has 1 aromatic heterocycles. The summed E-state index contributed by atoms with van der Waals surface area (Å²) < 4.78 is 1.57. The Bertz CT molecular complexity index is 756. The zero-order chi connectivity index (χ0) is 16.6. The molecule has 2 N–H and O–H groups in total. The number of allylic oxidation sites excluding steroid dienone is 2. The molecule has 1 heterocycles. The number of nitrogens with zero attached hydrogens (tertiary/aromatic N) is 3. The molecular formula is C18H22N4O. The number of aromatic nitrogens is 2. The fraction of sp³-hybridized carbons (Fsp3) is 0.333. The molecule has 0 aliphatic heterocycles. The third-order valence-electron chi connectivity index (χ3n) is 4.55. The second kappa shape index (κ2) is 5.91. The van der Waals surface area contributed by atoms with Crippen molar-refractivity contribution in [1.29, 1.82) is 0 Å². The molecule has 0 radical (unpaired) electrons. The van der Waals surface area contributed by atoms with Gasteiger partial charge in [-0.2, -0.15) is 5.10 Å². The molecule has 0 spiro atoms. The summed E-state index contributed by atoms with van der Waals surface area (Å²) in [6, 6.07) is 8.65. The maximum absolute atomic E-state index is 11.3. The predicted molar refractivity (Wildman–Crippen MR) is 93.7 cm³/mol. The molecule has 0 saturated carbocycles. The number of carbonyl (C=O) groups is 1. The Morgan fingerprint density at radius 1 is 1.30 bits per heavy atom. The zero-order valence-electron chi connectivity index (χ0n) is 13.8. The van der Waals surface area contributed by atoms with E-state index in [1.54, 1.807) is 11.7 Å². The minimum Gasteiger partial charge on any atom is -0.383 e. The lowest BCUT2D eigenvalue weighted by atomic mass is 9.94. The van der Waals surface area contributed by atoms with Crippen molar-refractivity contribution in [2.45, 2.75) is 18.8 Å². The van der Waals surface area contributed by atoms with Crippen LogP contribution in [0, 0.1) is 0 Å². The van der Waals surface area contributed by atoms with E-state index < -0.39 is 0 Å². The van der Waals surface area contributed by atoms with Crippen LogP contribution in [0.4, 0.5) is 11.5 Å². The summed E-state index contributed by atoms with van der Waals surface area (Å²) in [5.74, 6) is 0.860. The molecule has 0 fully saturated rings. The predicted octanol–water partition coefficient (Wildman–Crippen LogP) is 2.84. The molecule has 120 valence electrons. The highest BCUT2D eigenvalue weighted by Crippen LogP contribution is 2.39. The second-order valence-corrected chi connectivity index (χ2v) is 6.24. The number of hydrogen-bond donors (Lipinski definition) is 1. The number of aryl methyl sites for hydroxylation is 1. The Balaban J connectivity index is 1.80. The number of anilines is 2. The van der Waals surface area contributed by atoms with E-state index in [-0.39, 0.29) is 0 Å². The average molecular weight is 310 g/mol. The largest absolute Gasteiger partial charge is 0.383 e. The van der Waals surface area contributed by atoms with E-state index in [0.717, 1.165) is 30.4 Å². The summed E-state index contributed by atoms with van der Waals surface area (Å²) in [4.78, 5) is 13.4. The van der Waals surface area contributed by atoms with Gasteiger partial charge in [-0.3, -0.25) is 9.48 Å². The molecule has 1 unspecified atom stereocenters. The van der Waals surface area contributed by atoms with Crippen LogP contribution in [0.2, 0.25) is 0 Å². The summed E-state index contributed by atoms with van der Waals surface area (Å²) in [6.45, 7) is 0. The highest BCUT2D eigenvalue weighted by atomic mass is 16.1. The minimum atomic E-state index is 0.426. The van der Waals surface area contributed by atoms with E-state index in [1.807, 2.05) is 14.1 Å². The van der Waals surface area contributed by atoms with Gasteiger partial charge in [-0.15, -0.1) is 0 Å². The van der Waals surface area contributed by atoms with E-state index in [1.165, 1.54) is 11.3 Å². The number of nitrogen functional groups attached to an aromatic ring is 1. The van der Waals surface area contributed by atoms with Gasteiger partial charge < -0.3 is 10.6 Å². The Kier molecular flexibility index (Phi) is 3.94. The van der Waals surface area contributed by atoms with Crippen molar-refractivity contribution >= 4 is 23.4 Å². The van der Waals surface area contributed by atoms with Gasteiger partial charge in [0, 0.05) is 26.8 Å². The number of carbonyl (C=O) groups excluding carboxylic acids is 1. The monoisotopic (exact) mass is 310 g/mol. The Morgan fingerprint density at radius 2 is 2.00 bits per heavy atom. The number of rotatable bonds is 4. The van der Waals surface area contributed by atoms with Gasteiger partial charge in [0.2, 0.25) is 0 Å². The van der Waals surface area contributed by atoms with Crippen molar-refractivity contribution < 1.29 is 4.79 Å². The van der Waals surface area contributed by atoms with Crippen LogP contribution in [0.5, 0.6) is 0 Å². The molecule has 1 aromatic carbocycles. The van der Waals surface area contributed by atoms with Crippen LogP contribution in [0.1, 0.15) is 40.4 Å². The first-order valence-corrected chi connectivity index (χ1v) is 7.75. The van der Waals surface area contributed by atoms with Crippen molar-refractivity contribution in [3.05, 3.63) is 47.2 Å². The van der Waals surface area contributed by atoms with E-state index >= 15 is 0 Å². The van der Waals surface area contributed by atoms with Crippen LogP contribution in [-0.2, 0) is 7.05 Å². The maximum Gasteiger partial charge on any atom is 0.156 e. The Morgan fingerprint density at radius 3 is 2.61 bits per heavy atom. The first-order chi connectivity index (χ1) is 11.0. The van der Waals surface area contributed by atoms with Gasteiger partial charge >= 0.3 is 0 Å². The van der Waals surface area contributed by atoms with Crippen molar-refractivity contribution in [1.82, 2.24) is 9.78 Å². The fourth-order valence-electron chi connectivity index (χ4n) is 3.12. The van der Waals surface area contributed by atoms with Crippen LogP contribution < -0.4 is 10.6 Å². The number of nitrogens with two attached hydrogens (primary N) is 1. The second-order valence-electron chi connectivity index (χ2n) is 6.24. The standard InChI is InChI=1S/C18H22N4O/c1-21(2)15-8-6-12(7-9-15)13-4-5-14(10-13)17-16(11-23)18(19)22(3)20-17/h5-9,11,13H,4,10,19H2,1-3H3. The van der Waals surface area contributed by atoms with E-state index in [4.69, 9.17) is 5.73 Å². The van der Waals surface area contributed by atoms with Crippen molar-refractivity contribution in [2.24, 2.45) is 7.05 Å². The first-order valence-electron chi connectivity index (χ1n) is 7.75. The lowest BCUT2D eigenvalue weighted by molar-refractivity contribution is 0.112. The lowest BCUT2D eigenvalue weighted by Crippen LogP contribution is -2.08. The molecule has 2 aromatic rings. The number of hydrogen-bond acceptors (Lipinski definition) is 4. The van der Waals surface area contributed by atoms with Gasteiger partial charge in [-0.25, -0.2) is 0 Å². The Hall–Kier alpha value is -2.56. The molecule has 0 bridgehead atoms. The quantitative estimate of drug-likeness (QED) is 0.882. The number of benzene rings is 1. The molecule has 5 heteroatoms. The highest BCUT2D eigenvalue weighted by molar-refractivity contribution is 5.90. The van der Waals surface area contributed by atoms with Gasteiger partial charge in [-0.1, -0.05) is 18.2 Å². The van der Waals surface area contributed by atoms with E-state index in [0.29, 0.717) is 17.3 Å². The van der Waals surface area contributed by atoms with Crippen molar-refractivity contribution in [3.63, 3.8) is 0 Å². The molecule has 1 aliphatic rings. The molecule has 5 nitrogen and oxygen atoms in total. The number of aldehydes is 1. The van der Waals surface area contributed by atoms with E-state index in [9.17, 15) is 4.79 Å². The molecule has 3 rings (SSSR count). The van der Waals surface area contributed by atoms with Gasteiger partial charge in [-0.05, 0) is 42.0 Å². The van der Waals surface area contributed by atoms with Crippen LogP contribution >= 0.6 is 0 Å². The Labute approximate surface area is 136 Å². The summed E-state index contributed by atoms with van der Waals surface area (Å²) in [6.07, 6.45) is 4.83. The molecule has 0 amide bonds. The van der Waals surface area contributed by atoms with Crippen molar-refractivity contribution in [3.8, 4) is 0 Å². The molecule has 1 aliphatic carbocycles. The summed E-state index contributed by atoms with van der Waals surface area (Å²) in [7, 11) is 5.84. The zero-order valence-corrected chi connectivity index (χ0v) is 13.8.